The molecule has 1 heterocycles. The molecule has 1 fully saturated rings. The second kappa shape index (κ2) is 11.8. The van der Waals surface area contributed by atoms with Crippen LogP contribution < -0.4 is 10.1 Å². The topological polar surface area (TPSA) is 48.3 Å². The minimum absolute atomic E-state index is 0. The Balaban J connectivity index is 0.00000169. The third kappa shape index (κ3) is 6.19. The molecule has 1 aliphatic rings. The van der Waals surface area contributed by atoms with Crippen LogP contribution in [-0.4, -0.2) is 31.1 Å². The summed E-state index contributed by atoms with van der Waals surface area (Å²) in [5.74, 6) is 0.860. The predicted molar refractivity (Wildman–Crippen MR) is 109 cm³/mol. The van der Waals surface area contributed by atoms with Crippen LogP contribution in [0.5, 0.6) is 5.75 Å². The van der Waals surface area contributed by atoms with E-state index in [4.69, 9.17) is 4.74 Å². The van der Waals surface area contributed by atoms with Crippen molar-refractivity contribution >= 4 is 24.8 Å². The molecule has 2 aromatic rings. The van der Waals surface area contributed by atoms with Crippen LogP contribution in [0.1, 0.15) is 23.6 Å². The first-order valence-corrected chi connectivity index (χ1v) is 8.45. The highest BCUT2D eigenvalue weighted by Gasteiger charge is 2.21. The molecular weight excluding hydrogens is 369 g/mol. The number of benzene rings is 2. The first-order valence-electron chi connectivity index (χ1n) is 8.45. The Morgan fingerprint density at radius 1 is 1.00 bits per heavy atom. The normalized spacial score (nSPS) is 15.0. The number of hydrogen-bond acceptors (Lipinski definition) is 4. The standard InChI is InChI=1S/C20H23N3O.2ClH/c21-11-10-20(23-14-12-22-13-15-23)18-6-8-19(9-7-18)24-16-17-4-2-1-3-5-17;;/h1-9,20,22H,10,12-16H2;2*1H/t20-;;/m0../s1. The van der Waals surface area contributed by atoms with E-state index in [2.05, 4.69) is 40.6 Å². The molecule has 0 aliphatic carbocycles. The van der Waals surface area contributed by atoms with E-state index >= 15 is 0 Å². The van der Waals surface area contributed by atoms with Crippen LogP contribution in [0.3, 0.4) is 0 Å². The smallest absolute Gasteiger partial charge is 0.119 e. The molecule has 0 radical (unpaired) electrons. The highest BCUT2D eigenvalue weighted by Crippen LogP contribution is 2.26. The molecule has 0 spiro atoms. The second-order valence-corrected chi connectivity index (χ2v) is 6.01. The van der Waals surface area contributed by atoms with Crippen LogP contribution in [0.4, 0.5) is 0 Å². The minimum Gasteiger partial charge on any atom is -0.489 e. The van der Waals surface area contributed by atoms with Crippen molar-refractivity contribution in [2.24, 2.45) is 0 Å². The number of nitrogens with one attached hydrogen (secondary N) is 1. The van der Waals surface area contributed by atoms with Gasteiger partial charge in [-0.1, -0.05) is 42.5 Å². The van der Waals surface area contributed by atoms with Crippen LogP contribution in [0.15, 0.2) is 54.6 Å². The van der Waals surface area contributed by atoms with Gasteiger partial charge in [-0.3, -0.25) is 4.90 Å². The third-order valence-electron chi connectivity index (χ3n) is 4.39. The van der Waals surface area contributed by atoms with Gasteiger partial charge in [0.1, 0.15) is 12.4 Å². The molecule has 26 heavy (non-hydrogen) atoms. The number of nitriles is 1. The van der Waals surface area contributed by atoms with Gasteiger partial charge in [0.05, 0.1) is 12.5 Å². The van der Waals surface area contributed by atoms with Gasteiger partial charge < -0.3 is 10.1 Å². The molecule has 6 heteroatoms. The summed E-state index contributed by atoms with van der Waals surface area (Å²) in [5.41, 5.74) is 2.34. The maximum atomic E-state index is 9.18. The van der Waals surface area contributed by atoms with Crippen molar-refractivity contribution in [1.82, 2.24) is 10.2 Å². The monoisotopic (exact) mass is 393 g/mol. The van der Waals surface area contributed by atoms with Crippen molar-refractivity contribution in [3.8, 4) is 11.8 Å². The zero-order valence-electron chi connectivity index (χ0n) is 14.6. The fraction of sp³-hybridized carbons (Fsp3) is 0.350. The third-order valence-corrected chi connectivity index (χ3v) is 4.39. The molecule has 0 saturated carbocycles. The Kier molecular flexibility index (Phi) is 10.1. The molecule has 1 saturated heterocycles. The van der Waals surface area contributed by atoms with Gasteiger partial charge in [-0.2, -0.15) is 5.26 Å². The lowest BCUT2D eigenvalue weighted by Crippen LogP contribution is -2.45. The lowest BCUT2D eigenvalue weighted by Gasteiger charge is -2.34. The number of halogens is 2. The first kappa shape index (κ1) is 22.3. The molecule has 1 aliphatic heterocycles. The molecule has 2 aromatic carbocycles. The summed E-state index contributed by atoms with van der Waals surface area (Å²) in [6, 6.07) is 20.8. The fourth-order valence-corrected chi connectivity index (χ4v) is 3.07. The summed E-state index contributed by atoms with van der Waals surface area (Å²) >= 11 is 0. The Morgan fingerprint density at radius 2 is 1.65 bits per heavy atom. The largest absolute Gasteiger partial charge is 0.489 e. The quantitative estimate of drug-likeness (QED) is 0.806. The SMILES string of the molecule is Cl.Cl.N#CC[C@@H](c1ccc(OCc2ccccc2)cc1)N1CCNCC1. The van der Waals surface area contributed by atoms with Crippen LogP contribution in [0.25, 0.3) is 0 Å². The first-order chi connectivity index (χ1) is 11.9. The molecule has 0 unspecified atom stereocenters. The molecule has 1 N–H and O–H groups in total. The lowest BCUT2D eigenvalue weighted by molar-refractivity contribution is 0.175. The molecular formula is C20H25Cl2N3O. The Bertz CT molecular complexity index is 668. The van der Waals surface area contributed by atoms with Gasteiger partial charge in [0, 0.05) is 32.2 Å². The van der Waals surface area contributed by atoms with Gasteiger partial charge in [0.15, 0.2) is 0 Å². The molecule has 140 valence electrons. The van der Waals surface area contributed by atoms with Crippen LogP contribution in [0, 0.1) is 11.3 Å². The maximum Gasteiger partial charge on any atom is 0.119 e. The van der Waals surface area contributed by atoms with Gasteiger partial charge in [0.2, 0.25) is 0 Å². The van der Waals surface area contributed by atoms with E-state index in [1.165, 1.54) is 5.56 Å². The number of rotatable bonds is 6. The van der Waals surface area contributed by atoms with Crippen LogP contribution in [0.2, 0.25) is 0 Å². The Hall–Kier alpha value is -1.77. The van der Waals surface area contributed by atoms with Crippen LogP contribution >= 0.6 is 24.8 Å². The van der Waals surface area contributed by atoms with E-state index in [-0.39, 0.29) is 30.9 Å². The zero-order chi connectivity index (χ0) is 16.6. The van der Waals surface area contributed by atoms with E-state index in [9.17, 15) is 5.26 Å². The van der Waals surface area contributed by atoms with Gasteiger partial charge >= 0.3 is 0 Å². The summed E-state index contributed by atoms with van der Waals surface area (Å²) in [5, 5.41) is 12.5. The van der Waals surface area contributed by atoms with E-state index in [1.807, 2.05) is 30.3 Å². The summed E-state index contributed by atoms with van der Waals surface area (Å²) in [6.07, 6.45) is 0.518. The maximum absolute atomic E-state index is 9.18. The molecule has 3 rings (SSSR count). The van der Waals surface area contributed by atoms with E-state index < -0.39 is 0 Å². The second-order valence-electron chi connectivity index (χ2n) is 6.01. The van der Waals surface area contributed by atoms with Gasteiger partial charge in [-0.15, -0.1) is 24.8 Å². The predicted octanol–water partition coefficient (Wildman–Crippen LogP) is 3.97. The van der Waals surface area contributed by atoms with Crippen molar-refractivity contribution in [2.45, 2.75) is 19.1 Å². The molecule has 0 aromatic heterocycles. The number of piperazine rings is 1. The van der Waals surface area contributed by atoms with Crippen LogP contribution in [-0.2, 0) is 6.61 Å². The Labute approximate surface area is 168 Å². The zero-order valence-corrected chi connectivity index (χ0v) is 16.3. The highest BCUT2D eigenvalue weighted by molar-refractivity contribution is 5.85. The average Bonchev–Trinajstić information content (AvgIpc) is 2.66. The molecule has 4 nitrogen and oxygen atoms in total. The number of nitrogens with zero attached hydrogens (tertiary/aromatic N) is 2. The summed E-state index contributed by atoms with van der Waals surface area (Å²) in [7, 11) is 0. The minimum atomic E-state index is 0. The number of ether oxygens (including phenoxy) is 1. The highest BCUT2D eigenvalue weighted by atomic mass is 35.5. The van der Waals surface area contributed by atoms with Gasteiger partial charge in [-0.25, -0.2) is 0 Å². The average molecular weight is 394 g/mol. The summed E-state index contributed by atoms with van der Waals surface area (Å²) in [6.45, 7) is 4.51. The summed E-state index contributed by atoms with van der Waals surface area (Å²) in [4.78, 5) is 2.39. The van der Waals surface area contributed by atoms with E-state index in [1.54, 1.807) is 0 Å². The van der Waals surface area contributed by atoms with Crippen molar-refractivity contribution in [1.29, 1.82) is 5.26 Å². The fourth-order valence-electron chi connectivity index (χ4n) is 3.07. The van der Waals surface area contributed by atoms with E-state index in [0.29, 0.717) is 13.0 Å². The van der Waals surface area contributed by atoms with Crippen molar-refractivity contribution in [3.63, 3.8) is 0 Å². The molecule has 0 bridgehead atoms. The molecule has 0 amide bonds. The summed E-state index contributed by atoms with van der Waals surface area (Å²) < 4.78 is 5.84. The molecule has 1 atom stereocenters. The number of hydrogen-bond donors (Lipinski definition) is 1. The Morgan fingerprint density at radius 3 is 2.27 bits per heavy atom. The lowest BCUT2D eigenvalue weighted by atomic mass is 10.0. The van der Waals surface area contributed by atoms with Crippen molar-refractivity contribution < 1.29 is 4.74 Å². The van der Waals surface area contributed by atoms with Crippen molar-refractivity contribution in [2.75, 3.05) is 26.2 Å². The van der Waals surface area contributed by atoms with Gasteiger partial charge in [-0.05, 0) is 23.3 Å². The van der Waals surface area contributed by atoms with Gasteiger partial charge in [0.25, 0.3) is 0 Å². The van der Waals surface area contributed by atoms with E-state index in [0.717, 1.165) is 37.5 Å². The van der Waals surface area contributed by atoms with Crippen molar-refractivity contribution in [3.05, 3.63) is 65.7 Å².